The topological polar surface area (TPSA) is 29.5 Å². The molecule has 0 bridgehead atoms. The van der Waals surface area contributed by atoms with Crippen LogP contribution in [-0.4, -0.2) is 12.2 Å². The molecule has 0 spiro atoms. The summed E-state index contributed by atoms with van der Waals surface area (Å²) in [5.41, 5.74) is 2.01. The Morgan fingerprint density at radius 1 is 1.28 bits per heavy atom. The Morgan fingerprint density at radius 3 is 2.56 bits per heavy atom. The monoisotopic (exact) mass is 262 g/mol. The van der Waals surface area contributed by atoms with Crippen molar-refractivity contribution in [2.24, 2.45) is 0 Å². The predicted octanol–water partition coefficient (Wildman–Crippen LogP) is 3.63. The third-order valence-electron chi connectivity index (χ3n) is 3.15. The van der Waals surface area contributed by atoms with Crippen molar-refractivity contribution in [3.63, 3.8) is 0 Å². The fraction of sp³-hybridized carbons (Fsp3) is 0.333. The molecule has 0 fully saturated rings. The van der Waals surface area contributed by atoms with Crippen molar-refractivity contribution in [3.05, 3.63) is 51.2 Å². The summed E-state index contributed by atoms with van der Waals surface area (Å²) in [4.78, 5) is 0.924. The molecule has 1 aromatic heterocycles. The lowest BCUT2D eigenvalue weighted by molar-refractivity contribution is 0.102. The van der Waals surface area contributed by atoms with E-state index in [1.54, 1.807) is 18.4 Å². The van der Waals surface area contributed by atoms with Gasteiger partial charge in [-0.2, -0.15) is 0 Å². The van der Waals surface area contributed by atoms with Gasteiger partial charge in [0.15, 0.2) is 0 Å². The predicted molar refractivity (Wildman–Crippen MR) is 75.5 cm³/mol. The van der Waals surface area contributed by atoms with Gasteiger partial charge in [0.2, 0.25) is 0 Å². The van der Waals surface area contributed by atoms with E-state index in [9.17, 15) is 5.11 Å². The van der Waals surface area contributed by atoms with E-state index in [2.05, 4.69) is 6.07 Å². The molecular weight excluding hydrogens is 244 g/mol. The minimum absolute atomic E-state index is 0.742. The lowest BCUT2D eigenvalue weighted by Gasteiger charge is -2.27. The van der Waals surface area contributed by atoms with E-state index in [0.717, 1.165) is 27.3 Å². The van der Waals surface area contributed by atoms with Crippen LogP contribution < -0.4 is 4.74 Å². The summed E-state index contributed by atoms with van der Waals surface area (Å²) < 4.78 is 5.44. The molecular formula is C15H18O2S. The Kier molecular flexibility index (Phi) is 3.46. The number of aliphatic hydroxyl groups is 1. The van der Waals surface area contributed by atoms with Gasteiger partial charge in [0.25, 0.3) is 0 Å². The van der Waals surface area contributed by atoms with Crippen LogP contribution in [0.3, 0.4) is 0 Å². The maximum Gasteiger partial charge on any atom is 0.125 e. The van der Waals surface area contributed by atoms with Crippen LogP contribution in [0, 0.1) is 13.8 Å². The smallest absolute Gasteiger partial charge is 0.125 e. The third kappa shape index (κ3) is 2.16. The summed E-state index contributed by atoms with van der Waals surface area (Å²) in [6.07, 6.45) is 0. The molecule has 2 rings (SSSR count). The number of aryl methyl sites for hydroxylation is 2. The lowest BCUT2D eigenvalue weighted by atomic mass is 9.88. The molecule has 18 heavy (non-hydrogen) atoms. The SMILES string of the molecule is COc1cc(C)cc(C)c1C(C)(O)c1cccs1. The summed E-state index contributed by atoms with van der Waals surface area (Å²) in [5.74, 6) is 0.742. The molecule has 1 N–H and O–H groups in total. The van der Waals surface area contributed by atoms with Gasteiger partial charge in [-0.1, -0.05) is 12.1 Å². The molecule has 0 aliphatic rings. The van der Waals surface area contributed by atoms with E-state index in [0.29, 0.717) is 0 Å². The average Bonchev–Trinajstić information content (AvgIpc) is 2.81. The molecule has 96 valence electrons. The maximum absolute atomic E-state index is 10.9. The van der Waals surface area contributed by atoms with Crippen LogP contribution in [0.25, 0.3) is 0 Å². The van der Waals surface area contributed by atoms with Crippen LogP contribution in [0.1, 0.15) is 28.5 Å². The standard InChI is InChI=1S/C15H18O2S/c1-10-8-11(2)14(12(9-10)17-4)15(3,16)13-6-5-7-18-13/h5-9,16H,1-4H3. The van der Waals surface area contributed by atoms with Crippen molar-refractivity contribution in [2.75, 3.05) is 7.11 Å². The number of methoxy groups -OCH3 is 1. The molecule has 2 nitrogen and oxygen atoms in total. The molecule has 0 aliphatic carbocycles. The van der Waals surface area contributed by atoms with Gasteiger partial charge in [-0.15, -0.1) is 11.3 Å². The summed E-state index contributed by atoms with van der Waals surface area (Å²) in [5, 5.41) is 12.8. The number of rotatable bonds is 3. The number of hydrogen-bond acceptors (Lipinski definition) is 3. The van der Waals surface area contributed by atoms with Gasteiger partial charge in [-0.25, -0.2) is 0 Å². The lowest BCUT2D eigenvalue weighted by Crippen LogP contribution is -2.23. The van der Waals surface area contributed by atoms with Crippen molar-refractivity contribution in [2.45, 2.75) is 26.4 Å². The minimum atomic E-state index is -1.02. The number of hydrogen-bond donors (Lipinski definition) is 1. The Morgan fingerprint density at radius 2 is 2.00 bits per heavy atom. The highest BCUT2D eigenvalue weighted by Crippen LogP contribution is 2.39. The van der Waals surface area contributed by atoms with Crippen LogP contribution in [0.5, 0.6) is 5.75 Å². The second-order valence-corrected chi connectivity index (χ2v) is 5.66. The van der Waals surface area contributed by atoms with E-state index >= 15 is 0 Å². The highest BCUT2D eigenvalue weighted by Gasteiger charge is 2.31. The molecule has 3 heteroatoms. The van der Waals surface area contributed by atoms with Gasteiger partial charge in [0, 0.05) is 10.4 Å². The molecule has 0 radical (unpaired) electrons. The zero-order valence-electron chi connectivity index (χ0n) is 11.2. The second-order valence-electron chi connectivity index (χ2n) is 4.71. The molecule has 1 unspecified atom stereocenters. The zero-order valence-corrected chi connectivity index (χ0v) is 12.0. The van der Waals surface area contributed by atoms with Crippen molar-refractivity contribution in [3.8, 4) is 5.75 Å². The molecule has 0 saturated heterocycles. The van der Waals surface area contributed by atoms with Crippen LogP contribution in [0.2, 0.25) is 0 Å². The Bertz CT molecular complexity index is 542. The van der Waals surface area contributed by atoms with E-state index in [-0.39, 0.29) is 0 Å². The highest BCUT2D eigenvalue weighted by atomic mass is 32.1. The van der Waals surface area contributed by atoms with Crippen LogP contribution in [0.15, 0.2) is 29.6 Å². The van der Waals surface area contributed by atoms with Gasteiger partial charge in [-0.05, 0) is 49.4 Å². The highest BCUT2D eigenvalue weighted by molar-refractivity contribution is 7.10. The number of benzene rings is 1. The molecule has 1 atom stereocenters. The van der Waals surface area contributed by atoms with Gasteiger partial charge in [0.05, 0.1) is 7.11 Å². The summed E-state index contributed by atoms with van der Waals surface area (Å²) >= 11 is 1.55. The maximum atomic E-state index is 10.9. The quantitative estimate of drug-likeness (QED) is 0.915. The van der Waals surface area contributed by atoms with Gasteiger partial charge in [-0.3, -0.25) is 0 Å². The largest absolute Gasteiger partial charge is 0.496 e. The first-order valence-electron chi connectivity index (χ1n) is 5.89. The van der Waals surface area contributed by atoms with E-state index in [1.165, 1.54) is 0 Å². The Labute approximate surface area is 112 Å². The van der Waals surface area contributed by atoms with Crippen molar-refractivity contribution in [1.82, 2.24) is 0 Å². The van der Waals surface area contributed by atoms with Crippen LogP contribution in [0.4, 0.5) is 0 Å². The summed E-state index contributed by atoms with van der Waals surface area (Å²) in [6.45, 7) is 5.85. The summed E-state index contributed by atoms with van der Waals surface area (Å²) in [6, 6.07) is 7.93. The fourth-order valence-electron chi connectivity index (χ4n) is 2.39. The van der Waals surface area contributed by atoms with E-state index in [1.807, 2.05) is 44.4 Å². The fourth-order valence-corrected chi connectivity index (χ4v) is 3.18. The van der Waals surface area contributed by atoms with Gasteiger partial charge < -0.3 is 9.84 Å². The van der Waals surface area contributed by atoms with Crippen LogP contribution >= 0.6 is 11.3 Å². The first kappa shape index (κ1) is 13.1. The Balaban J connectivity index is 2.64. The molecule has 1 heterocycles. The average molecular weight is 262 g/mol. The molecule has 0 saturated carbocycles. The zero-order chi connectivity index (χ0) is 13.3. The number of thiophene rings is 1. The molecule has 2 aromatic rings. The van der Waals surface area contributed by atoms with Crippen molar-refractivity contribution in [1.29, 1.82) is 0 Å². The van der Waals surface area contributed by atoms with Crippen LogP contribution in [-0.2, 0) is 5.60 Å². The normalized spacial score (nSPS) is 14.3. The first-order chi connectivity index (χ1) is 8.46. The van der Waals surface area contributed by atoms with E-state index in [4.69, 9.17) is 4.74 Å². The van der Waals surface area contributed by atoms with Gasteiger partial charge in [0.1, 0.15) is 11.4 Å². The van der Waals surface area contributed by atoms with Crippen molar-refractivity contribution < 1.29 is 9.84 Å². The number of ether oxygens (including phenoxy) is 1. The Hall–Kier alpha value is -1.32. The van der Waals surface area contributed by atoms with E-state index < -0.39 is 5.60 Å². The second kappa shape index (κ2) is 4.75. The molecule has 0 aliphatic heterocycles. The third-order valence-corrected chi connectivity index (χ3v) is 4.23. The van der Waals surface area contributed by atoms with Gasteiger partial charge >= 0.3 is 0 Å². The first-order valence-corrected chi connectivity index (χ1v) is 6.77. The van der Waals surface area contributed by atoms with Crippen molar-refractivity contribution >= 4 is 11.3 Å². The molecule has 1 aromatic carbocycles. The summed E-state index contributed by atoms with van der Waals surface area (Å²) in [7, 11) is 1.64. The minimum Gasteiger partial charge on any atom is -0.496 e. The molecule has 0 amide bonds.